The molecule has 0 bridgehead atoms. The minimum atomic E-state index is 0. The first kappa shape index (κ1) is 187. The molecular weight excluding hydrogens is 810 g/mol. The van der Waals surface area contributed by atoms with Crippen LogP contribution in [0.1, 0.15) is 29.7 Å². The standard InChI is InChI=1S/4CH4.6Cu.4K.4H2O.2O.2H2S.2S/h4*1H4;;;;;;;;;;;4*1H2;;;2*1H2;;/q;;;;;;;;;;4*+1;;;;;;;;;;/p-4. The molecular formula is C4H24Cu6K4O6S4. The van der Waals surface area contributed by atoms with Crippen molar-refractivity contribution < 1.29 is 330 Å². The normalized spacial score (nSPS) is 1.00. The van der Waals surface area contributed by atoms with Gasteiger partial charge in [0.15, 0.2) is 0 Å². The van der Waals surface area contributed by atoms with Crippen LogP contribution < -0.4 is 206 Å². The van der Waals surface area contributed by atoms with Crippen molar-refractivity contribution in [3.05, 3.63) is 0 Å². The fourth-order valence-electron chi connectivity index (χ4n) is 0. The molecule has 0 unspecified atom stereocenters. The number of hydrogen-bond donors (Lipinski definition) is 0. The molecule has 0 saturated heterocycles. The Morgan fingerprint density at radius 3 is 0.458 bits per heavy atom. The van der Waals surface area contributed by atoms with Crippen LogP contribution in [0.25, 0.3) is 0 Å². The van der Waals surface area contributed by atoms with Crippen LogP contribution in [0.5, 0.6) is 0 Å². The van der Waals surface area contributed by atoms with E-state index in [1.165, 1.54) is 0 Å². The monoisotopic (exact) mass is 829 g/mol. The van der Waals surface area contributed by atoms with Crippen LogP contribution in [0.3, 0.4) is 0 Å². The molecule has 24 heavy (non-hydrogen) atoms. The predicted molar refractivity (Wildman–Crippen MR) is 72.1 cm³/mol. The quantitative estimate of drug-likeness (QED) is 0.133. The third-order valence-corrected chi connectivity index (χ3v) is 0. The van der Waals surface area contributed by atoms with Crippen LogP contribution in [0.4, 0.5) is 0 Å². The van der Waals surface area contributed by atoms with Gasteiger partial charge >= 0.3 is 295 Å². The number of rotatable bonds is 0. The van der Waals surface area contributed by atoms with E-state index in [0.29, 0.717) is 0 Å². The Kier molecular flexibility index (Phi) is 2560. The maximum atomic E-state index is 7.81. The summed E-state index contributed by atoms with van der Waals surface area (Å²) in [6, 6.07) is 0. The second-order valence-corrected chi connectivity index (χ2v) is 0. The van der Waals surface area contributed by atoms with Crippen LogP contribution >= 0.6 is 21.1 Å². The third-order valence-electron chi connectivity index (χ3n) is 0. The topological polar surface area (TPSA) is 157 Å². The molecule has 0 aromatic heterocycles. The van der Waals surface area contributed by atoms with E-state index >= 15 is 0 Å². The minimum absolute atomic E-state index is 0. The van der Waals surface area contributed by atoms with Crippen molar-refractivity contribution in [2.45, 2.75) is 29.7 Å². The van der Waals surface area contributed by atoms with Gasteiger partial charge in [0, 0.05) is 34.1 Å². The summed E-state index contributed by atoms with van der Waals surface area (Å²) in [4.78, 5) is 0. The molecule has 0 aromatic rings. The van der Waals surface area contributed by atoms with E-state index in [1.807, 2.05) is 0 Å². The van der Waals surface area contributed by atoms with E-state index in [1.54, 1.807) is 0 Å². The van der Waals surface area contributed by atoms with Gasteiger partial charge in [-0.05, 0) is 0 Å². The van der Waals surface area contributed by atoms with E-state index in [2.05, 4.69) is 81.8 Å². The first-order valence-corrected chi connectivity index (χ1v) is 4.06. The van der Waals surface area contributed by atoms with Gasteiger partial charge in [-0.1, -0.05) is 29.7 Å². The zero-order valence-electron chi connectivity index (χ0n) is 10.2. The number of thiol groups is 2. The average molecular weight is 834 g/mol. The zero-order valence-corrected chi connectivity index (χ0v) is 31.8. The maximum absolute atomic E-state index is 7.81. The van der Waals surface area contributed by atoms with E-state index in [9.17, 15) is 0 Å². The summed E-state index contributed by atoms with van der Waals surface area (Å²) in [7, 11) is 7.29. The number of hydrogen-bond acceptors (Lipinski definition) is 8. The summed E-state index contributed by atoms with van der Waals surface area (Å²) in [5, 5.41) is 0. The van der Waals surface area contributed by atoms with Crippen molar-refractivity contribution in [1.29, 1.82) is 0 Å². The molecule has 0 saturated carbocycles. The molecule has 0 aliphatic carbocycles. The molecule has 6 N–H and O–H groups in total. The van der Waals surface area contributed by atoms with E-state index in [4.69, 9.17) is 7.67 Å². The Hall–Kier alpha value is 10.2. The first-order chi connectivity index (χ1) is 4.00. The second-order valence-electron chi connectivity index (χ2n) is 0. The van der Waals surface area contributed by atoms with Crippen LogP contribution in [0.15, 0.2) is 0 Å². The van der Waals surface area contributed by atoms with Gasteiger partial charge in [0.05, 0.1) is 0 Å². The van der Waals surface area contributed by atoms with Gasteiger partial charge in [0.1, 0.15) is 0 Å². The van der Waals surface area contributed by atoms with E-state index < -0.39 is 0 Å². The Bertz CT molecular complexity index is 63.0. The molecule has 0 rings (SSSR count). The van der Waals surface area contributed by atoms with Crippen molar-refractivity contribution in [2.75, 3.05) is 0 Å². The third kappa shape index (κ3) is 300. The summed E-state index contributed by atoms with van der Waals surface area (Å²) in [5.41, 5.74) is 0. The molecule has 0 aromatic carbocycles. The van der Waals surface area contributed by atoms with Gasteiger partial charge in [0.25, 0.3) is 0 Å². The van der Waals surface area contributed by atoms with Gasteiger partial charge in [-0.25, -0.2) is 0 Å². The molecule has 20 heteroatoms. The van der Waals surface area contributed by atoms with Crippen LogP contribution in [0.2, 0.25) is 0 Å². The van der Waals surface area contributed by atoms with Crippen LogP contribution in [-0.2, 0) is 129 Å². The summed E-state index contributed by atoms with van der Waals surface area (Å²) < 4.78 is 15.6. The Morgan fingerprint density at radius 2 is 0.458 bits per heavy atom. The Labute approximate surface area is 395 Å². The van der Waals surface area contributed by atoms with E-state index in [0.717, 1.165) is 0 Å². The molecule has 170 valence electrons. The van der Waals surface area contributed by atoms with Crippen LogP contribution in [0, 0.1) is 0 Å². The van der Waals surface area contributed by atoms with Crippen molar-refractivity contribution in [1.82, 2.24) is 0 Å². The molecule has 0 spiro atoms. The Morgan fingerprint density at radius 1 is 0.458 bits per heavy atom. The van der Waals surface area contributed by atoms with E-state index in [-0.39, 0.29) is 318 Å². The molecule has 0 heterocycles. The van der Waals surface area contributed by atoms with Gasteiger partial charge in [-0.15, -0.1) is 0 Å². The molecule has 0 aliphatic rings. The van der Waals surface area contributed by atoms with Crippen molar-refractivity contribution in [3.8, 4) is 0 Å². The molecule has 6 nitrogen and oxygen atoms in total. The van der Waals surface area contributed by atoms with Crippen molar-refractivity contribution in [3.63, 3.8) is 0 Å². The van der Waals surface area contributed by atoms with Gasteiger partial charge in [0.2, 0.25) is 0 Å². The molecule has 0 aliphatic heterocycles. The molecule has 0 atom stereocenters. The zero-order chi connectivity index (χ0) is 8.00. The molecule has 0 amide bonds. The molecule has 2 radical (unpaired) electrons. The summed E-state index contributed by atoms with van der Waals surface area (Å²) >= 11 is 13.4. The SMILES string of the molecule is C.C.C.C.O.O.[Cu].[Cu].[K+].[K+].[K+].[K+].[OH-].[OH-].[O]=[Cu].[O]=[Cu].[SH-].[SH-].[S]=[Cu].[S]=[Cu]. The van der Waals surface area contributed by atoms with Gasteiger partial charge < -0.3 is 48.9 Å². The fourth-order valence-corrected chi connectivity index (χ4v) is 0. The van der Waals surface area contributed by atoms with Crippen molar-refractivity contribution >= 4 is 48.1 Å². The van der Waals surface area contributed by atoms with Crippen LogP contribution in [-0.4, -0.2) is 21.9 Å². The first-order valence-electron chi connectivity index (χ1n) is 0.492. The second kappa shape index (κ2) is 329. The fraction of sp³-hybridized carbons (Fsp3) is 1.00. The van der Waals surface area contributed by atoms with Crippen molar-refractivity contribution in [2.24, 2.45) is 0 Å². The summed E-state index contributed by atoms with van der Waals surface area (Å²) in [6.07, 6.45) is 0. The predicted octanol–water partition coefficient (Wildman–Crippen LogP) is -10.9. The average Bonchev–Trinajstić information content (AvgIpc) is 2.03. The van der Waals surface area contributed by atoms with Gasteiger partial charge in [-0.3, -0.25) is 0 Å². The van der Waals surface area contributed by atoms with Gasteiger partial charge in [-0.2, -0.15) is 0 Å². The Balaban J connectivity index is -0.000000000404. The summed E-state index contributed by atoms with van der Waals surface area (Å²) in [5.74, 6) is 0. The molecule has 0 fully saturated rings. The summed E-state index contributed by atoms with van der Waals surface area (Å²) in [6.45, 7) is 0.